The van der Waals surface area contributed by atoms with Crippen molar-refractivity contribution in [2.75, 3.05) is 20.0 Å². The second kappa shape index (κ2) is 11.3. The molecular weight excluding hydrogens is 462 g/mol. The van der Waals surface area contributed by atoms with E-state index in [1.54, 1.807) is 38.5 Å². The summed E-state index contributed by atoms with van der Waals surface area (Å²) in [5, 5.41) is 18.6. The number of phenolic OH excluding ortho intramolecular Hbond substituents is 2. The zero-order chi connectivity index (χ0) is 27.2. The lowest BCUT2D eigenvalue weighted by Crippen LogP contribution is -2.19. The van der Waals surface area contributed by atoms with E-state index in [0.717, 1.165) is 22.4 Å². The second-order valence-corrected chi connectivity index (χ2v) is 10.0. The van der Waals surface area contributed by atoms with E-state index in [1.807, 2.05) is 48.5 Å². The van der Waals surface area contributed by atoms with Gasteiger partial charge in [0.15, 0.2) is 0 Å². The van der Waals surface area contributed by atoms with Crippen molar-refractivity contribution >= 4 is 5.69 Å². The molecular formula is C32H37NO4. The molecule has 194 valence electrons. The van der Waals surface area contributed by atoms with Crippen molar-refractivity contribution in [1.82, 2.24) is 0 Å². The SMILES string of the molecule is CC(C)(c1ccc(O)cc1)c1ccc(O)cc1.COc1ccc(C(C)(C)c2ccc(OC)c(N)c2)cc1. The molecule has 0 unspecified atom stereocenters. The first-order valence-electron chi connectivity index (χ1n) is 12.2. The topological polar surface area (TPSA) is 84.9 Å². The molecule has 0 spiro atoms. The summed E-state index contributed by atoms with van der Waals surface area (Å²) in [6.45, 7) is 8.59. The van der Waals surface area contributed by atoms with Gasteiger partial charge in [-0.3, -0.25) is 0 Å². The number of rotatable bonds is 6. The summed E-state index contributed by atoms with van der Waals surface area (Å²) in [6, 6.07) is 28.5. The van der Waals surface area contributed by atoms with Crippen LogP contribution in [0.4, 0.5) is 5.69 Å². The molecule has 0 aliphatic rings. The minimum Gasteiger partial charge on any atom is -0.508 e. The van der Waals surface area contributed by atoms with Crippen LogP contribution in [-0.2, 0) is 10.8 Å². The highest BCUT2D eigenvalue weighted by Crippen LogP contribution is 2.36. The van der Waals surface area contributed by atoms with Gasteiger partial charge in [0.1, 0.15) is 23.0 Å². The molecule has 4 aromatic rings. The first kappa shape index (κ1) is 27.5. The van der Waals surface area contributed by atoms with Crippen molar-refractivity contribution in [3.63, 3.8) is 0 Å². The Kier molecular flexibility index (Phi) is 8.38. The van der Waals surface area contributed by atoms with Crippen LogP contribution in [0.5, 0.6) is 23.0 Å². The molecule has 4 rings (SSSR count). The first-order chi connectivity index (χ1) is 17.5. The highest BCUT2D eigenvalue weighted by Gasteiger charge is 2.24. The Morgan fingerprint density at radius 3 is 1.30 bits per heavy atom. The molecule has 0 aliphatic carbocycles. The maximum Gasteiger partial charge on any atom is 0.141 e. The van der Waals surface area contributed by atoms with Crippen LogP contribution in [0.1, 0.15) is 49.9 Å². The van der Waals surface area contributed by atoms with Crippen LogP contribution in [0.3, 0.4) is 0 Å². The first-order valence-corrected chi connectivity index (χ1v) is 12.2. The molecule has 0 radical (unpaired) electrons. The van der Waals surface area contributed by atoms with E-state index in [0.29, 0.717) is 11.4 Å². The molecule has 0 amide bonds. The van der Waals surface area contributed by atoms with E-state index in [2.05, 4.69) is 45.9 Å². The molecule has 0 aromatic heterocycles. The summed E-state index contributed by atoms with van der Waals surface area (Å²) in [5.41, 5.74) is 11.0. The van der Waals surface area contributed by atoms with Crippen LogP contribution in [0.15, 0.2) is 91.0 Å². The fourth-order valence-electron chi connectivity index (χ4n) is 4.22. The fourth-order valence-corrected chi connectivity index (χ4v) is 4.22. The highest BCUT2D eigenvalue weighted by atomic mass is 16.5. The van der Waals surface area contributed by atoms with Gasteiger partial charge in [0.25, 0.3) is 0 Å². The van der Waals surface area contributed by atoms with Crippen LogP contribution in [-0.4, -0.2) is 24.4 Å². The van der Waals surface area contributed by atoms with Crippen molar-refractivity contribution in [2.24, 2.45) is 0 Å². The maximum atomic E-state index is 9.30. The molecule has 0 aliphatic heterocycles. The predicted molar refractivity (Wildman–Crippen MR) is 151 cm³/mol. The van der Waals surface area contributed by atoms with Gasteiger partial charge in [0, 0.05) is 10.8 Å². The van der Waals surface area contributed by atoms with E-state index < -0.39 is 0 Å². The van der Waals surface area contributed by atoms with Gasteiger partial charge >= 0.3 is 0 Å². The van der Waals surface area contributed by atoms with Crippen LogP contribution >= 0.6 is 0 Å². The van der Waals surface area contributed by atoms with Gasteiger partial charge in [-0.2, -0.15) is 0 Å². The van der Waals surface area contributed by atoms with E-state index in [4.69, 9.17) is 15.2 Å². The Morgan fingerprint density at radius 2 is 0.919 bits per heavy atom. The Bertz CT molecular complexity index is 1240. The number of methoxy groups -OCH3 is 2. The van der Waals surface area contributed by atoms with Crippen molar-refractivity contribution in [2.45, 2.75) is 38.5 Å². The summed E-state index contributed by atoms with van der Waals surface area (Å²) in [5.74, 6) is 2.11. The maximum absolute atomic E-state index is 9.30. The summed E-state index contributed by atoms with van der Waals surface area (Å²) in [6.07, 6.45) is 0. The van der Waals surface area contributed by atoms with Crippen molar-refractivity contribution in [3.8, 4) is 23.0 Å². The average Bonchev–Trinajstić information content (AvgIpc) is 2.89. The third kappa shape index (κ3) is 6.36. The lowest BCUT2D eigenvalue weighted by atomic mass is 9.78. The fraction of sp³-hybridized carbons (Fsp3) is 0.250. The molecule has 5 nitrogen and oxygen atoms in total. The number of benzene rings is 4. The predicted octanol–water partition coefficient (Wildman–Crippen LogP) is 7.04. The molecule has 5 heteroatoms. The number of anilines is 1. The molecule has 0 heterocycles. The van der Waals surface area contributed by atoms with Crippen molar-refractivity contribution in [1.29, 1.82) is 0 Å². The number of hydrogen-bond acceptors (Lipinski definition) is 5. The lowest BCUT2D eigenvalue weighted by molar-refractivity contribution is 0.414. The summed E-state index contributed by atoms with van der Waals surface area (Å²) in [7, 11) is 3.30. The second-order valence-electron chi connectivity index (χ2n) is 10.0. The van der Waals surface area contributed by atoms with E-state index >= 15 is 0 Å². The van der Waals surface area contributed by atoms with Crippen LogP contribution in [0, 0.1) is 0 Å². The van der Waals surface area contributed by atoms with Gasteiger partial charge in [-0.1, -0.05) is 70.2 Å². The number of ether oxygens (including phenoxy) is 2. The Morgan fingerprint density at radius 1 is 0.541 bits per heavy atom. The third-order valence-corrected chi connectivity index (χ3v) is 6.94. The molecule has 4 aromatic carbocycles. The van der Waals surface area contributed by atoms with Gasteiger partial charge in [0.2, 0.25) is 0 Å². The van der Waals surface area contributed by atoms with Gasteiger partial charge < -0.3 is 25.4 Å². The monoisotopic (exact) mass is 499 g/mol. The zero-order valence-corrected chi connectivity index (χ0v) is 22.4. The molecule has 0 bridgehead atoms. The number of hydrogen-bond donors (Lipinski definition) is 3. The average molecular weight is 500 g/mol. The van der Waals surface area contributed by atoms with E-state index in [1.165, 1.54) is 5.56 Å². The van der Waals surface area contributed by atoms with E-state index in [9.17, 15) is 10.2 Å². The Balaban J connectivity index is 0.000000208. The van der Waals surface area contributed by atoms with Crippen LogP contribution < -0.4 is 15.2 Å². The molecule has 37 heavy (non-hydrogen) atoms. The Hall–Kier alpha value is -4.12. The standard InChI is InChI=1S/C17H21NO2.C15H16O2/c1-17(2,12-5-8-14(19-3)9-6-12)13-7-10-16(20-4)15(18)11-13;1-15(2,11-3-7-13(16)8-4-11)12-5-9-14(17)10-6-12/h5-11H,18H2,1-4H3;3-10,16-17H,1-2H3. The smallest absolute Gasteiger partial charge is 0.141 e. The van der Waals surface area contributed by atoms with E-state index in [-0.39, 0.29) is 22.3 Å². The molecule has 0 fully saturated rings. The molecule has 0 saturated carbocycles. The molecule has 4 N–H and O–H groups in total. The quantitative estimate of drug-likeness (QED) is 0.248. The van der Waals surface area contributed by atoms with Gasteiger partial charge in [-0.05, 0) is 70.8 Å². The summed E-state index contributed by atoms with van der Waals surface area (Å²) in [4.78, 5) is 0. The van der Waals surface area contributed by atoms with Gasteiger partial charge in [-0.25, -0.2) is 0 Å². The van der Waals surface area contributed by atoms with Gasteiger partial charge in [-0.15, -0.1) is 0 Å². The third-order valence-electron chi connectivity index (χ3n) is 6.94. The zero-order valence-electron chi connectivity index (χ0n) is 22.4. The van der Waals surface area contributed by atoms with Crippen molar-refractivity contribution in [3.05, 3.63) is 113 Å². The number of phenols is 2. The van der Waals surface area contributed by atoms with Crippen LogP contribution in [0.25, 0.3) is 0 Å². The number of nitrogen functional groups attached to an aromatic ring is 1. The summed E-state index contributed by atoms with van der Waals surface area (Å²) >= 11 is 0. The largest absolute Gasteiger partial charge is 0.508 e. The lowest BCUT2D eigenvalue weighted by Gasteiger charge is -2.27. The minimum atomic E-state index is -0.151. The molecule has 0 saturated heterocycles. The normalized spacial score (nSPS) is 11.3. The number of aromatic hydroxyl groups is 2. The van der Waals surface area contributed by atoms with Crippen LogP contribution in [0.2, 0.25) is 0 Å². The van der Waals surface area contributed by atoms with Gasteiger partial charge in [0.05, 0.1) is 19.9 Å². The highest BCUT2D eigenvalue weighted by molar-refractivity contribution is 5.57. The molecule has 0 atom stereocenters. The number of nitrogens with two attached hydrogens (primary N) is 1. The Labute approximate surface area is 220 Å². The summed E-state index contributed by atoms with van der Waals surface area (Å²) < 4.78 is 10.4. The minimum absolute atomic E-state index is 0.132. The van der Waals surface area contributed by atoms with Crippen molar-refractivity contribution < 1.29 is 19.7 Å².